The number of carbonyl (C=O) groups is 1. The Morgan fingerprint density at radius 2 is 1.70 bits per heavy atom. The van der Waals surface area contributed by atoms with Crippen molar-refractivity contribution in [3.8, 4) is 5.75 Å². The van der Waals surface area contributed by atoms with E-state index in [4.69, 9.17) is 4.74 Å². The molecular weight excluding hydrogens is 372 g/mol. The number of fused-ring (bicyclic) bond motifs is 1. The topological polar surface area (TPSA) is 45.3 Å². The monoisotopic (exact) mass is 404 g/mol. The third-order valence-electron chi connectivity index (χ3n) is 6.72. The normalized spacial score (nSPS) is 15.0. The summed E-state index contributed by atoms with van der Waals surface area (Å²) in [7, 11) is 0. The first kappa shape index (κ1) is 20.5. The van der Waals surface area contributed by atoms with Gasteiger partial charge in [0.25, 0.3) is 5.91 Å². The summed E-state index contributed by atoms with van der Waals surface area (Å²) in [5.41, 5.74) is 8.57. The van der Waals surface area contributed by atoms with E-state index < -0.39 is 0 Å². The van der Waals surface area contributed by atoms with Gasteiger partial charge in [0.1, 0.15) is 5.75 Å². The molecule has 0 unspecified atom stereocenters. The molecule has 0 spiro atoms. The highest BCUT2D eigenvalue weighted by Crippen LogP contribution is 2.34. The molecule has 3 aromatic rings. The number of amides is 1. The van der Waals surface area contributed by atoms with Gasteiger partial charge in [0.15, 0.2) is 6.61 Å². The van der Waals surface area contributed by atoms with Gasteiger partial charge in [0.2, 0.25) is 0 Å². The van der Waals surface area contributed by atoms with Crippen molar-refractivity contribution >= 4 is 16.8 Å². The highest BCUT2D eigenvalue weighted by molar-refractivity contribution is 5.85. The minimum absolute atomic E-state index is 0.0812. The molecule has 1 aliphatic heterocycles. The summed E-state index contributed by atoms with van der Waals surface area (Å²) < 4.78 is 5.95. The Morgan fingerprint density at radius 1 is 1.00 bits per heavy atom. The molecule has 0 aliphatic carbocycles. The van der Waals surface area contributed by atoms with E-state index in [0.717, 1.165) is 42.8 Å². The van der Waals surface area contributed by atoms with Gasteiger partial charge in [-0.3, -0.25) is 4.79 Å². The molecule has 0 saturated carbocycles. The van der Waals surface area contributed by atoms with Crippen LogP contribution < -0.4 is 4.74 Å². The van der Waals surface area contributed by atoms with Crippen molar-refractivity contribution in [1.29, 1.82) is 0 Å². The number of likely N-dealkylation sites (tertiary alicyclic amines) is 1. The molecule has 0 bridgehead atoms. The fourth-order valence-corrected chi connectivity index (χ4v) is 4.66. The summed E-state index contributed by atoms with van der Waals surface area (Å²) in [6, 6.07) is 10.7. The van der Waals surface area contributed by atoms with Gasteiger partial charge in [-0.25, -0.2) is 0 Å². The van der Waals surface area contributed by atoms with Crippen molar-refractivity contribution in [2.24, 2.45) is 0 Å². The number of aromatic amines is 1. The quantitative estimate of drug-likeness (QED) is 0.624. The van der Waals surface area contributed by atoms with Gasteiger partial charge >= 0.3 is 0 Å². The minimum Gasteiger partial charge on any atom is -0.483 e. The number of ether oxygens (including phenoxy) is 1. The Labute approximate surface area is 179 Å². The van der Waals surface area contributed by atoms with Gasteiger partial charge in [-0.1, -0.05) is 23.8 Å². The molecule has 0 atom stereocenters. The fraction of sp³-hybridized carbons (Fsp3) is 0.423. The van der Waals surface area contributed by atoms with E-state index in [1.807, 2.05) is 11.8 Å². The second kappa shape index (κ2) is 8.17. The van der Waals surface area contributed by atoms with Gasteiger partial charge in [0, 0.05) is 35.6 Å². The fourth-order valence-electron chi connectivity index (χ4n) is 4.66. The highest BCUT2D eigenvalue weighted by atomic mass is 16.5. The number of hydrogen-bond donors (Lipinski definition) is 1. The molecular formula is C26H32N2O2. The molecule has 1 aliphatic rings. The second-order valence-corrected chi connectivity index (χ2v) is 8.81. The summed E-state index contributed by atoms with van der Waals surface area (Å²) in [6.07, 6.45) is 1.97. The third kappa shape index (κ3) is 3.83. The summed E-state index contributed by atoms with van der Waals surface area (Å²) in [5, 5.41) is 1.32. The predicted molar refractivity (Wildman–Crippen MR) is 122 cm³/mol. The van der Waals surface area contributed by atoms with Gasteiger partial charge in [-0.2, -0.15) is 0 Å². The van der Waals surface area contributed by atoms with Crippen molar-refractivity contribution in [2.45, 2.75) is 53.4 Å². The average Bonchev–Trinajstić information content (AvgIpc) is 3.07. The lowest BCUT2D eigenvalue weighted by Gasteiger charge is -2.32. The maximum absolute atomic E-state index is 12.8. The molecule has 1 fully saturated rings. The molecule has 1 N–H and O–H groups in total. The largest absolute Gasteiger partial charge is 0.483 e. The Bertz CT molecular complexity index is 1090. The highest BCUT2D eigenvalue weighted by Gasteiger charge is 2.26. The molecule has 158 valence electrons. The van der Waals surface area contributed by atoms with Crippen molar-refractivity contribution in [2.75, 3.05) is 19.7 Å². The number of nitrogens with one attached hydrogen (secondary N) is 1. The van der Waals surface area contributed by atoms with Crippen LogP contribution >= 0.6 is 0 Å². The summed E-state index contributed by atoms with van der Waals surface area (Å²) >= 11 is 0. The zero-order valence-corrected chi connectivity index (χ0v) is 18.8. The number of rotatable bonds is 4. The number of benzene rings is 2. The minimum atomic E-state index is 0.0812. The number of aromatic nitrogens is 1. The van der Waals surface area contributed by atoms with Crippen molar-refractivity contribution in [1.82, 2.24) is 9.88 Å². The van der Waals surface area contributed by atoms with Crippen LogP contribution in [0.3, 0.4) is 0 Å². The summed E-state index contributed by atoms with van der Waals surface area (Å²) in [5.74, 6) is 1.41. The molecule has 2 aromatic carbocycles. The average molecular weight is 405 g/mol. The Hall–Kier alpha value is -2.75. The molecule has 1 amide bonds. The number of carbonyl (C=O) groups excluding carboxylic acids is 1. The Morgan fingerprint density at radius 3 is 2.43 bits per heavy atom. The molecule has 4 nitrogen and oxygen atoms in total. The van der Waals surface area contributed by atoms with E-state index in [-0.39, 0.29) is 12.5 Å². The number of piperidine rings is 1. The van der Waals surface area contributed by atoms with Crippen molar-refractivity contribution in [3.63, 3.8) is 0 Å². The van der Waals surface area contributed by atoms with Crippen LogP contribution in [0.25, 0.3) is 10.9 Å². The van der Waals surface area contributed by atoms with Crippen LogP contribution in [0.2, 0.25) is 0 Å². The molecule has 4 heteroatoms. The van der Waals surface area contributed by atoms with Crippen molar-refractivity contribution < 1.29 is 9.53 Å². The first-order chi connectivity index (χ1) is 14.3. The van der Waals surface area contributed by atoms with Gasteiger partial charge < -0.3 is 14.6 Å². The maximum Gasteiger partial charge on any atom is 0.260 e. The van der Waals surface area contributed by atoms with Crippen LogP contribution in [-0.2, 0) is 4.79 Å². The first-order valence-corrected chi connectivity index (χ1v) is 10.9. The number of H-pyrrole nitrogens is 1. The lowest BCUT2D eigenvalue weighted by atomic mass is 9.91. The van der Waals surface area contributed by atoms with E-state index in [1.165, 1.54) is 33.3 Å². The predicted octanol–water partition coefficient (Wildman–Crippen LogP) is 5.50. The van der Waals surface area contributed by atoms with Crippen molar-refractivity contribution in [3.05, 3.63) is 63.8 Å². The molecule has 0 radical (unpaired) electrons. The standard InChI is InChI=1S/C26H32N2O2/c1-16-6-9-23-22(14-16)20(5)25(27-23)21-10-12-28(13-11-21)24(29)15-30-26-18(3)8-7-17(2)19(26)4/h6-9,14,21,27H,10-13,15H2,1-5H3. The molecule has 1 saturated heterocycles. The van der Waals surface area contributed by atoms with Crippen LogP contribution in [0.4, 0.5) is 0 Å². The smallest absolute Gasteiger partial charge is 0.260 e. The third-order valence-corrected chi connectivity index (χ3v) is 6.72. The van der Waals surface area contributed by atoms with Gasteiger partial charge in [-0.15, -0.1) is 0 Å². The molecule has 2 heterocycles. The van der Waals surface area contributed by atoms with E-state index in [9.17, 15) is 4.79 Å². The Kier molecular flexibility index (Phi) is 5.59. The lowest BCUT2D eigenvalue weighted by molar-refractivity contribution is -0.134. The van der Waals surface area contributed by atoms with Gasteiger partial charge in [0.05, 0.1) is 0 Å². The van der Waals surface area contributed by atoms with E-state index in [2.05, 4.69) is 63.0 Å². The SMILES string of the molecule is Cc1ccc2[nH]c(C3CCN(C(=O)COc4c(C)ccc(C)c4C)CC3)c(C)c2c1. The van der Waals surface area contributed by atoms with E-state index in [1.54, 1.807) is 0 Å². The van der Waals surface area contributed by atoms with Gasteiger partial charge in [-0.05, 0) is 81.8 Å². The zero-order chi connectivity index (χ0) is 21.4. The molecule has 1 aromatic heterocycles. The second-order valence-electron chi connectivity index (χ2n) is 8.81. The van der Waals surface area contributed by atoms with E-state index >= 15 is 0 Å². The first-order valence-electron chi connectivity index (χ1n) is 10.9. The Balaban J connectivity index is 1.38. The van der Waals surface area contributed by atoms with E-state index in [0.29, 0.717) is 5.92 Å². The number of nitrogens with zero attached hydrogens (tertiary/aromatic N) is 1. The van der Waals surface area contributed by atoms with Crippen LogP contribution in [0.5, 0.6) is 5.75 Å². The lowest BCUT2D eigenvalue weighted by Crippen LogP contribution is -2.40. The summed E-state index contributed by atoms with van der Waals surface area (Å²) in [4.78, 5) is 18.4. The number of hydrogen-bond acceptors (Lipinski definition) is 2. The maximum atomic E-state index is 12.8. The zero-order valence-electron chi connectivity index (χ0n) is 18.8. The number of aryl methyl sites for hydroxylation is 4. The summed E-state index contributed by atoms with van der Waals surface area (Å²) in [6.45, 7) is 12.2. The molecule has 4 rings (SSSR count). The van der Waals surface area contributed by atoms with Crippen LogP contribution in [-0.4, -0.2) is 35.5 Å². The van der Waals surface area contributed by atoms with Crippen LogP contribution in [0.1, 0.15) is 52.3 Å². The molecule has 30 heavy (non-hydrogen) atoms. The van der Waals surface area contributed by atoms with Crippen LogP contribution in [0, 0.1) is 34.6 Å². The van der Waals surface area contributed by atoms with Crippen LogP contribution in [0.15, 0.2) is 30.3 Å².